The van der Waals surface area contributed by atoms with E-state index in [2.05, 4.69) is 27.7 Å². The molecule has 0 aromatic carbocycles. The van der Waals surface area contributed by atoms with Gasteiger partial charge in [-0.3, -0.25) is 4.79 Å². The fraction of sp³-hybridized carbons (Fsp3) is 0.929. The van der Waals surface area contributed by atoms with E-state index in [4.69, 9.17) is 9.90 Å². The molecule has 0 bridgehead atoms. The van der Waals surface area contributed by atoms with E-state index in [9.17, 15) is 0 Å². The van der Waals surface area contributed by atoms with Gasteiger partial charge in [0.25, 0.3) is 5.97 Å². The average Bonchev–Trinajstić information content (AvgIpc) is 2.18. The minimum Gasteiger partial charge on any atom is -1.00 e. The van der Waals surface area contributed by atoms with E-state index in [0.29, 0.717) is 0 Å². The number of aliphatic carboxylic acids is 1. The minimum atomic E-state index is -0.833. The molecule has 0 atom stereocenters. The predicted molar refractivity (Wildman–Crippen MR) is 93.1 cm³/mol. The van der Waals surface area contributed by atoms with E-state index < -0.39 is 5.97 Å². The second-order valence-electron chi connectivity index (χ2n) is 4.56. The first-order valence-corrected chi connectivity index (χ1v) is 9.22. The molecule has 0 aromatic heterocycles. The van der Waals surface area contributed by atoms with Gasteiger partial charge in [-0.15, -0.1) is 0 Å². The van der Waals surface area contributed by atoms with E-state index in [1.807, 2.05) is 0 Å². The van der Waals surface area contributed by atoms with Crippen LogP contribution in [0.5, 0.6) is 0 Å². The first-order valence-electron chi connectivity index (χ1n) is 6.91. The molecule has 118 valence electrons. The number of carboxylic acid groups (broad SMARTS) is 1. The third kappa shape index (κ3) is 19.0. The van der Waals surface area contributed by atoms with E-state index in [1.54, 1.807) is 0 Å². The molecule has 0 aromatic rings. The third-order valence-corrected chi connectivity index (χ3v) is 7.65. The summed E-state index contributed by atoms with van der Waals surface area (Å²) in [5, 5.41) is 7.42. The zero-order valence-electron chi connectivity index (χ0n) is 15.6. The molecule has 0 heterocycles. The van der Waals surface area contributed by atoms with Crippen molar-refractivity contribution in [2.45, 2.75) is 60.3 Å². The average molecular weight is 325 g/mol. The standard InChI is InChI=1S/C12H28S.C2H4O2.Ca.H2O.2H/c1-5-9-13(10-6-2,11-7-3)12-8-4;1-2(3)4;;;;/h5-12H2,1-4H3;1H3,(H,3,4);;1H2;;/q;;+2;;2*-1. The second-order valence-corrected chi connectivity index (χ2v) is 8.64. The van der Waals surface area contributed by atoms with Gasteiger partial charge in [0, 0.05) is 6.92 Å². The van der Waals surface area contributed by atoms with E-state index in [1.165, 1.54) is 48.7 Å². The summed E-state index contributed by atoms with van der Waals surface area (Å²) >= 11 is 0. The molecular formula is C14H36CaO3S. The van der Waals surface area contributed by atoms with Gasteiger partial charge >= 0.3 is 37.7 Å². The predicted octanol–water partition coefficient (Wildman–Crippen LogP) is 3.54. The summed E-state index contributed by atoms with van der Waals surface area (Å²) in [6.45, 7) is 10.5. The quantitative estimate of drug-likeness (QED) is 0.694. The van der Waals surface area contributed by atoms with Crippen LogP contribution in [-0.2, 0) is 4.79 Å². The Labute approximate surface area is 154 Å². The van der Waals surface area contributed by atoms with Gasteiger partial charge in [0.1, 0.15) is 0 Å². The van der Waals surface area contributed by atoms with Crippen molar-refractivity contribution >= 4 is 53.7 Å². The molecule has 0 fully saturated rings. The molecule has 0 aliphatic carbocycles. The molecule has 0 rings (SSSR count). The van der Waals surface area contributed by atoms with Crippen LogP contribution in [0.1, 0.15) is 63.2 Å². The molecular weight excluding hydrogens is 288 g/mol. The topological polar surface area (TPSA) is 68.8 Å². The van der Waals surface area contributed by atoms with E-state index >= 15 is 0 Å². The molecule has 0 aliphatic rings. The molecule has 0 unspecified atom stereocenters. The molecule has 19 heavy (non-hydrogen) atoms. The fourth-order valence-electron chi connectivity index (χ4n) is 2.34. The van der Waals surface area contributed by atoms with Crippen LogP contribution in [0.25, 0.3) is 0 Å². The molecule has 3 nitrogen and oxygen atoms in total. The largest absolute Gasteiger partial charge is 2.00 e. The van der Waals surface area contributed by atoms with Crippen LogP contribution in [0.3, 0.4) is 0 Å². The molecule has 5 heteroatoms. The molecule has 0 aliphatic heterocycles. The monoisotopic (exact) mass is 324 g/mol. The summed E-state index contributed by atoms with van der Waals surface area (Å²) in [4.78, 5) is 9.00. The molecule has 0 saturated carbocycles. The molecule has 0 spiro atoms. The van der Waals surface area contributed by atoms with Crippen LogP contribution >= 0.6 is 10.0 Å². The van der Waals surface area contributed by atoms with Gasteiger partial charge in [-0.25, -0.2) is 10.0 Å². The van der Waals surface area contributed by atoms with Gasteiger partial charge in [0.05, 0.1) is 0 Å². The maximum Gasteiger partial charge on any atom is 2.00 e. The van der Waals surface area contributed by atoms with Crippen molar-refractivity contribution in [1.82, 2.24) is 0 Å². The zero-order chi connectivity index (χ0) is 13.7. The van der Waals surface area contributed by atoms with Gasteiger partial charge in [0.2, 0.25) is 0 Å². The number of hydrogen-bond donors (Lipinski definition) is 1. The summed E-state index contributed by atoms with van der Waals surface area (Å²) in [5.41, 5.74) is 0. The van der Waals surface area contributed by atoms with Crippen LogP contribution < -0.4 is 0 Å². The summed E-state index contributed by atoms with van der Waals surface area (Å²) in [6, 6.07) is 0. The van der Waals surface area contributed by atoms with Crippen molar-refractivity contribution in [3.05, 3.63) is 0 Å². The van der Waals surface area contributed by atoms with Crippen molar-refractivity contribution in [1.29, 1.82) is 0 Å². The first-order chi connectivity index (χ1) is 7.97. The zero-order valence-corrected chi connectivity index (χ0v) is 16.7. The molecule has 3 N–H and O–H groups in total. The molecule has 0 radical (unpaired) electrons. The number of carbonyl (C=O) groups is 1. The smallest absolute Gasteiger partial charge is 1.00 e. The van der Waals surface area contributed by atoms with Gasteiger partial charge in [0.15, 0.2) is 0 Å². The Morgan fingerprint density at radius 2 is 1.05 bits per heavy atom. The van der Waals surface area contributed by atoms with Crippen molar-refractivity contribution in [3.8, 4) is 0 Å². The van der Waals surface area contributed by atoms with Crippen molar-refractivity contribution in [3.63, 3.8) is 0 Å². The third-order valence-electron chi connectivity index (χ3n) is 2.55. The Kier molecular flexibility index (Phi) is 28.3. The Hall–Kier alpha value is 1.04. The summed E-state index contributed by atoms with van der Waals surface area (Å²) in [7, 11) is -0.197. The Morgan fingerprint density at radius 3 is 1.16 bits per heavy atom. The Balaban J connectivity index is -0.0000000629. The number of rotatable bonds is 8. The minimum absolute atomic E-state index is 0. The summed E-state index contributed by atoms with van der Waals surface area (Å²) < 4.78 is 0. The second kappa shape index (κ2) is 19.0. The van der Waals surface area contributed by atoms with E-state index in [0.717, 1.165) is 6.92 Å². The van der Waals surface area contributed by atoms with Crippen LogP contribution in [0.2, 0.25) is 0 Å². The SMILES string of the molecule is CC(=O)O.CCCS(CCC)(CCC)CCC.O.[Ca+2].[H-].[H-]. The van der Waals surface area contributed by atoms with E-state index in [-0.39, 0.29) is 56.1 Å². The Bertz CT molecular complexity index is 166. The molecule has 0 saturated heterocycles. The van der Waals surface area contributed by atoms with Crippen molar-refractivity contribution in [2.24, 2.45) is 0 Å². The number of hydrogen-bond acceptors (Lipinski definition) is 1. The fourth-order valence-corrected chi connectivity index (χ4v) is 7.03. The van der Waals surface area contributed by atoms with Crippen LogP contribution in [0, 0.1) is 0 Å². The van der Waals surface area contributed by atoms with Crippen molar-refractivity contribution in [2.75, 3.05) is 23.0 Å². The maximum atomic E-state index is 9.00. The van der Waals surface area contributed by atoms with Crippen LogP contribution in [0.15, 0.2) is 0 Å². The van der Waals surface area contributed by atoms with Crippen LogP contribution in [-0.4, -0.2) is 77.3 Å². The van der Waals surface area contributed by atoms with Gasteiger partial charge in [-0.1, -0.05) is 27.7 Å². The van der Waals surface area contributed by atoms with Gasteiger partial charge < -0.3 is 13.4 Å². The van der Waals surface area contributed by atoms with Crippen molar-refractivity contribution < 1.29 is 18.2 Å². The normalized spacial score (nSPS) is 10.4. The summed E-state index contributed by atoms with van der Waals surface area (Å²) in [6.07, 6.45) is 5.59. The summed E-state index contributed by atoms with van der Waals surface area (Å²) in [5.74, 6) is 5.29. The number of carboxylic acids is 1. The van der Waals surface area contributed by atoms with Gasteiger partial charge in [-0.05, 0) is 48.7 Å². The van der Waals surface area contributed by atoms with Crippen LogP contribution in [0.4, 0.5) is 0 Å². The Morgan fingerprint density at radius 1 is 0.895 bits per heavy atom. The first kappa shape index (κ1) is 28.2. The maximum absolute atomic E-state index is 9.00. The molecule has 0 amide bonds. The van der Waals surface area contributed by atoms with Gasteiger partial charge in [-0.2, -0.15) is 0 Å².